The van der Waals surface area contributed by atoms with Gasteiger partial charge in [0.2, 0.25) is 5.88 Å². The smallest absolute Gasteiger partial charge is 0.222 e. The summed E-state index contributed by atoms with van der Waals surface area (Å²) in [4.78, 5) is 8.20. The molecule has 2 aromatic heterocycles. The number of aliphatic hydroxyl groups is 1. The Kier molecular flexibility index (Phi) is 3.45. The minimum absolute atomic E-state index is 0.382. The molecule has 2 rings (SSSR count). The van der Waals surface area contributed by atoms with Gasteiger partial charge in [0.1, 0.15) is 5.15 Å². The summed E-state index contributed by atoms with van der Waals surface area (Å²) in [5, 5.41) is 11.6. The number of hydrogen-bond acceptors (Lipinski definition) is 4. The van der Waals surface area contributed by atoms with Gasteiger partial charge in [0.05, 0.1) is 18.1 Å². The van der Waals surface area contributed by atoms with E-state index in [9.17, 15) is 5.11 Å². The molecule has 5 heteroatoms. The fourth-order valence-electron chi connectivity index (χ4n) is 1.69. The molecule has 0 bridgehead atoms. The molecule has 1 atom stereocenters. The molecule has 0 saturated carbocycles. The van der Waals surface area contributed by atoms with E-state index in [4.69, 9.17) is 16.3 Å². The van der Waals surface area contributed by atoms with Gasteiger partial charge in [-0.25, -0.2) is 9.97 Å². The lowest BCUT2D eigenvalue weighted by molar-refractivity contribution is 0.200. The molecule has 0 aromatic carbocycles. The third-order valence-corrected chi connectivity index (χ3v) is 2.67. The molecule has 4 nitrogen and oxygen atoms in total. The van der Waals surface area contributed by atoms with Crippen molar-refractivity contribution >= 4 is 22.4 Å². The van der Waals surface area contributed by atoms with Gasteiger partial charge < -0.3 is 9.84 Å². The Morgan fingerprint density at radius 3 is 2.76 bits per heavy atom. The first-order chi connectivity index (χ1) is 8.13. The maximum atomic E-state index is 9.69. The van der Waals surface area contributed by atoms with Crippen molar-refractivity contribution in [1.82, 2.24) is 9.97 Å². The Morgan fingerprint density at radius 1 is 1.35 bits per heavy atom. The van der Waals surface area contributed by atoms with E-state index in [-0.39, 0.29) is 0 Å². The number of hydrogen-bond donors (Lipinski definition) is 1. The Morgan fingerprint density at radius 2 is 2.12 bits per heavy atom. The van der Waals surface area contributed by atoms with Gasteiger partial charge >= 0.3 is 0 Å². The van der Waals surface area contributed by atoms with E-state index in [2.05, 4.69) is 9.97 Å². The summed E-state index contributed by atoms with van der Waals surface area (Å²) in [5.74, 6) is 0.510. The minimum Gasteiger partial charge on any atom is -0.477 e. The van der Waals surface area contributed by atoms with Crippen molar-refractivity contribution < 1.29 is 9.84 Å². The Bertz CT molecular complexity index is 543. The SMILES string of the molecule is CCOc1ncc(C(C)O)c2cc(Cl)ncc12. The van der Waals surface area contributed by atoms with Crippen LogP contribution in [-0.4, -0.2) is 21.7 Å². The molecule has 0 fully saturated rings. The highest BCUT2D eigenvalue weighted by Crippen LogP contribution is 2.30. The number of ether oxygens (including phenoxy) is 1. The summed E-state index contributed by atoms with van der Waals surface area (Å²) >= 11 is 5.87. The molecule has 0 radical (unpaired) electrons. The normalized spacial score (nSPS) is 12.7. The molecule has 17 heavy (non-hydrogen) atoms. The van der Waals surface area contributed by atoms with Crippen molar-refractivity contribution in [3.05, 3.63) is 29.2 Å². The first-order valence-corrected chi connectivity index (χ1v) is 5.76. The summed E-state index contributed by atoms with van der Waals surface area (Å²) < 4.78 is 5.42. The van der Waals surface area contributed by atoms with Crippen LogP contribution in [0.1, 0.15) is 25.5 Å². The number of halogens is 1. The van der Waals surface area contributed by atoms with Gasteiger partial charge in [-0.1, -0.05) is 11.6 Å². The zero-order valence-electron chi connectivity index (χ0n) is 9.64. The van der Waals surface area contributed by atoms with E-state index in [0.29, 0.717) is 23.2 Å². The molecule has 0 spiro atoms. The fraction of sp³-hybridized carbons (Fsp3) is 0.333. The lowest BCUT2D eigenvalue weighted by Gasteiger charge is -2.12. The van der Waals surface area contributed by atoms with Crippen LogP contribution in [0.5, 0.6) is 5.88 Å². The number of fused-ring (bicyclic) bond motifs is 1. The molecule has 0 amide bonds. The first kappa shape index (κ1) is 12.1. The van der Waals surface area contributed by atoms with Gasteiger partial charge in [0.15, 0.2) is 0 Å². The van der Waals surface area contributed by atoms with Crippen LogP contribution in [-0.2, 0) is 0 Å². The van der Waals surface area contributed by atoms with Gasteiger partial charge in [-0.2, -0.15) is 0 Å². The van der Waals surface area contributed by atoms with E-state index in [0.717, 1.165) is 10.8 Å². The van der Waals surface area contributed by atoms with Crippen molar-refractivity contribution in [2.45, 2.75) is 20.0 Å². The number of aromatic nitrogens is 2. The third kappa shape index (κ3) is 2.33. The van der Waals surface area contributed by atoms with E-state index < -0.39 is 6.10 Å². The number of aliphatic hydroxyl groups excluding tert-OH is 1. The Hall–Kier alpha value is -1.39. The Balaban J connectivity index is 2.71. The van der Waals surface area contributed by atoms with E-state index in [1.54, 1.807) is 25.4 Å². The van der Waals surface area contributed by atoms with Crippen molar-refractivity contribution in [2.75, 3.05) is 6.61 Å². The zero-order chi connectivity index (χ0) is 12.4. The van der Waals surface area contributed by atoms with Crippen molar-refractivity contribution in [1.29, 1.82) is 0 Å². The highest BCUT2D eigenvalue weighted by atomic mass is 35.5. The molecule has 0 aliphatic heterocycles. The quantitative estimate of drug-likeness (QED) is 0.854. The lowest BCUT2D eigenvalue weighted by Crippen LogP contribution is -2.00. The zero-order valence-corrected chi connectivity index (χ0v) is 10.4. The van der Waals surface area contributed by atoms with Gasteiger partial charge in [-0.3, -0.25) is 0 Å². The number of nitrogens with zero attached hydrogens (tertiary/aromatic N) is 2. The maximum absolute atomic E-state index is 9.69. The van der Waals surface area contributed by atoms with E-state index in [1.807, 2.05) is 6.92 Å². The van der Waals surface area contributed by atoms with Crippen molar-refractivity contribution in [2.24, 2.45) is 0 Å². The maximum Gasteiger partial charge on any atom is 0.222 e. The Labute approximate surface area is 104 Å². The number of rotatable bonds is 3. The van der Waals surface area contributed by atoms with Gasteiger partial charge in [0.25, 0.3) is 0 Å². The predicted molar refractivity (Wildman–Crippen MR) is 66.4 cm³/mol. The van der Waals surface area contributed by atoms with E-state index >= 15 is 0 Å². The van der Waals surface area contributed by atoms with Crippen LogP contribution in [0.2, 0.25) is 5.15 Å². The third-order valence-electron chi connectivity index (χ3n) is 2.46. The standard InChI is InChI=1S/C12H13ClN2O2/c1-3-17-12-10-6-14-11(13)4-8(10)9(5-15-12)7(2)16/h4-7,16H,3H2,1-2H3. The van der Waals surface area contributed by atoms with Crippen LogP contribution < -0.4 is 4.74 Å². The molecule has 0 saturated heterocycles. The summed E-state index contributed by atoms with van der Waals surface area (Å²) in [5.41, 5.74) is 0.716. The monoisotopic (exact) mass is 252 g/mol. The van der Waals surface area contributed by atoms with Gasteiger partial charge in [-0.15, -0.1) is 0 Å². The minimum atomic E-state index is -0.612. The fourth-order valence-corrected chi connectivity index (χ4v) is 1.85. The van der Waals surface area contributed by atoms with Crippen molar-refractivity contribution in [3.8, 4) is 5.88 Å². The molecule has 1 unspecified atom stereocenters. The highest BCUT2D eigenvalue weighted by molar-refractivity contribution is 6.30. The van der Waals surface area contributed by atoms with Gasteiger partial charge in [-0.05, 0) is 25.3 Å². The molecule has 2 heterocycles. The summed E-state index contributed by atoms with van der Waals surface area (Å²) in [6.45, 7) is 4.10. The number of pyridine rings is 2. The topological polar surface area (TPSA) is 55.2 Å². The van der Waals surface area contributed by atoms with E-state index in [1.165, 1.54) is 0 Å². The van der Waals surface area contributed by atoms with Crippen LogP contribution in [0.15, 0.2) is 18.5 Å². The second-order valence-corrected chi connectivity index (χ2v) is 4.07. The molecule has 0 aliphatic rings. The van der Waals surface area contributed by atoms with Gasteiger partial charge in [0, 0.05) is 18.0 Å². The summed E-state index contributed by atoms with van der Waals surface area (Å²) in [7, 11) is 0. The average Bonchev–Trinajstić information content (AvgIpc) is 2.28. The molecular weight excluding hydrogens is 240 g/mol. The molecule has 0 aliphatic carbocycles. The molecular formula is C12H13ClN2O2. The predicted octanol–water partition coefficient (Wildman–Crippen LogP) is 2.74. The largest absolute Gasteiger partial charge is 0.477 e. The molecule has 2 aromatic rings. The summed E-state index contributed by atoms with van der Waals surface area (Å²) in [6, 6.07) is 1.71. The van der Waals surface area contributed by atoms with Crippen LogP contribution in [0, 0.1) is 0 Å². The second kappa shape index (κ2) is 4.85. The highest BCUT2D eigenvalue weighted by Gasteiger charge is 2.12. The molecule has 90 valence electrons. The first-order valence-electron chi connectivity index (χ1n) is 5.38. The lowest BCUT2D eigenvalue weighted by atomic mass is 10.1. The van der Waals surface area contributed by atoms with Crippen molar-refractivity contribution in [3.63, 3.8) is 0 Å². The van der Waals surface area contributed by atoms with Crippen LogP contribution in [0.25, 0.3) is 10.8 Å². The van der Waals surface area contributed by atoms with Crippen LogP contribution >= 0.6 is 11.6 Å². The summed E-state index contributed by atoms with van der Waals surface area (Å²) in [6.07, 6.45) is 2.61. The molecule has 1 N–H and O–H groups in total. The second-order valence-electron chi connectivity index (χ2n) is 3.68. The van der Waals surface area contributed by atoms with Crippen LogP contribution in [0.3, 0.4) is 0 Å². The average molecular weight is 253 g/mol. The van der Waals surface area contributed by atoms with Crippen LogP contribution in [0.4, 0.5) is 0 Å².